The van der Waals surface area contributed by atoms with Crippen molar-refractivity contribution in [2.75, 3.05) is 0 Å². The van der Waals surface area contributed by atoms with Crippen LogP contribution in [-0.4, -0.2) is 19.9 Å². The first-order valence-electron chi connectivity index (χ1n) is 17.9. The Bertz CT molecular complexity index is 3220. The van der Waals surface area contributed by atoms with Gasteiger partial charge in [0.2, 0.25) is 5.71 Å². The van der Waals surface area contributed by atoms with Crippen LogP contribution < -0.4 is 0 Å². The summed E-state index contributed by atoms with van der Waals surface area (Å²) in [6.07, 6.45) is 1.76. The third-order valence-corrected chi connectivity index (χ3v) is 10.2. The van der Waals surface area contributed by atoms with Crippen LogP contribution >= 0.6 is 0 Å². The summed E-state index contributed by atoms with van der Waals surface area (Å²) in [5, 5.41) is 6.02. The van der Waals surface area contributed by atoms with Crippen molar-refractivity contribution in [1.29, 1.82) is 0 Å². The average molecular weight is 693 g/mol. The van der Waals surface area contributed by atoms with Gasteiger partial charge in [-0.15, -0.1) is 0 Å². The van der Waals surface area contributed by atoms with Crippen LogP contribution in [0.5, 0.6) is 0 Å². The van der Waals surface area contributed by atoms with Crippen molar-refractivity contribution in [1.82, 2.24) is 19.9 Å². The molecule has 0 N–H and O–H groups in total. The molecule has 0 saturated heterocycles. The number of para-hydroxylation sites is 2. The van der Waals surface area contributed by atoms with Crippen LogP contribution in [0, 0.1) is 0 Å². The lowest BCUT2D eigenvalue weighted by Crippen LogP contribution is -2.01. The number of nitrogens with zero attached hydrogens (tertiary/aromatic N) is 4. The molecule has 0 aliphatic rings. The van der Waals surface area contributed by atoms with Crippen molar-refractivity contribution >= 4 is 54.8 Å². The van der Waals surface area contributed by atoms with Crippen LogP contribution in [0.2, 0.25) is 0 Å². The molecule has 0 bridgehead atoms. The molecule has 0 spiro atoms. The Morgan fingerprint density at radius 1 is 0.370 bits per heavy atom. The molecule has 11 rings (SSSR count). The number of furan rings is 2. The molecule has 7 aromatic carbocycles. The Morgan fingerprint density at radius 2 is 1.00 bits per heavy atom. The molecule has 54 heavy (non-hydrogen) atoms. The average Bonchev–Trinajstić information content (AvgIpc) is 3.83. The zero-order valence-corrected chi connectivity index (χ0v) is 28.8. The molecule has 0 atom stereocenters. The van der Waals surface area contributed by atoms with E-state index in [0.29, 0.717) is 23.2 Å². The molecular formula is C48H28N4O2. The summed E-state index contributed by atoms with van der Waals surface area (Å²) >= 11 is 0. The highest BCUT2D eigenvalue weighted by Gasteiger charge is 2.22. The lowest BCUT2D eigenvalue weighted by atomic mass is 9.98. The smallest absolute Gasteiger partial charge is 0.228 e. The van der Waals surface area contributed by atoms with Crippen LogP contribution in [0.15, 0.2) is 179 Å². The summed E-state index contributed by atoms with van der Waals surface area (Å²) < 4.78 is 12.9. The van der Waals surface area contributed by atoms with Gasteiger partial charge in [0.15, 0.2) is 17.5 Å². The van der Waals surface area contributed by atoms with E-state index < -0.39 is 0 Å². The highest BCUT2D eigenvalue weighted by molar-refractivity contribution is 6.14. The fourth-order valence-electron chi connectivity index (χ4n) is 7.64. The van der Waals surface area contributed by atoms with Crippen molar-refractivity contribution < 1.29 is 8.83 Å². The molecule has 0 unspecified atom stereocenters. The van der Waals surface area contributed by atoms with E-state index in [1.807, 2.05) is 54.6 Å². The van der Waals surface area contributed by atoms with Gasteiger partial charge in [-0.2, -0.15) is 0 Å². The maximum absolute atomic E-state index is 6.59. The van der Waals surface area contributed by atoms with E-state index in [9.17, 15) is 0 Å². The van der Waals surface area contributed by atoms with Gasteiger partial charge in [0.1, 0.15) is 16.7 Å². The summed E-state index contributed by atoms with van der Waals surface area (Å²) in [4.78, 5) is 20.3. The minimum absolute atomic E-state index is 0.521. The van der Waals surface area contributed by atoms with Gasteiger partial charge < -0.3 is 8.83 Å². The van der Waals surface area contributed by atoms with Crippen LogP contribution in [0.4, 0.5) is 0 Å². The van der Waals surface area contributed by atoms with E-state index in [1.54, 1.807) is 6.20 Å². The fourth-order valence-corrected chi connectivity index (χ4v) is 7.64. The summed E-state index contributed by atoms with van der Waals surface area (Å²) in [5.74, 6) is 1.65. The van der Waals surface area contributed by atoms with Gasteiger partial charge in [0.25, 0.3) is 0 Å². The van der Waals surface area contributed by atoms with Gasteiger partial charge in [0.05, 0.1) is 5.39 Å². The Kier molecular flexibility index (Phi) is 6.75. The van der Waals surface area contributed by atoms with Crippen LogP contribution in [0.1, 0.15) is 0 Å². The quantitative estimate of drug-likeness (QED) is 0.179. The number of hydrogen-bond donors (Lipinski definition) is 0. The van der Waals surface area contributed by atoms with Crippen molar-refractivity contribution in [3.8, 4) is 56.4 Å². The first-order chi connectivity index (χ1) is 26.7. The van der Waals surface area contributed by atoms with E-state index in [0.717, 1.165) is 82.4 Å². The molecule has 0 saturated carbocycles. The fraction of sp³-hybridized carbons (Fsp3) is 0. The van der Waals surface area contributed by atoms with E-state index in [4.69, 9.17) is 28.8 Å². The van der Waals surface area contributed by atoms with Crippen molar-refractivity contribution in [2.24, 2.45) is 0 Å². The minimum Gasteiger partial charge on any atom is -0.456 e. The zero-order chi connectivity index (χ0) is 35.6. The summed E-state index contributed by atoms with van der Waals surface area (Å²) in [6.45, 7) is 0. The first-order valence-corrected chi connectivity index (χ1v) is 17.9. The molecule has 0 aliphatic carbocycles. The molecule has 6 nitrogen and oxygen atoms in total. The summed E-state index contributed by atoms with van der Waals surface area (Å²) in [7, 11) is 0. The highest BCUT2D eigenvalue weighted by atomic mass is 16.3. The number of benzene rings is 7. The number of pyridine rings is 1. The molecule has 6 heteroatoms. The predicted octanol–water partition coefficient (Wildman–Crippen LogP) is 12.6. The second-order valence-electron chi connectivity index (χ2n) is 13.4. The molecule has 0 aliphatic heterocycles. The lowest BCUT2D eigenvalue weighted by Gasteiger charge is -2.10. The second kappa shape index (κ2) is 12.1. The monoisotopic (exact) mass is 692 g/mol. The van der Waals surface area contributed by atoms with Crippen LogP contribution in [0.3, 0.4) is 0 Å². The normalized spacial score (nSPS) is 11.7. The van der Waals surface area contributed by atoms with E-state index in [-0.39, 0.29) is 0 Å². The number of fused-ring (bicyclic) bond motifs is 7. The van der Waals surface area contributed by atoms with Gasteiger partial charge in [-0.1, -0.05) is 140 Å². The maximum Gasteiger partial charge on any atom is 0.228 e. The first kappa shape index (κ1) is 30.2. The number of rotatable bonds is 5. The lowest BCUT2D eigenvalue weighted by molar-refractivity contribution is 0.655. The maximum atomic E-state index is 6.59. The second-order valence-corrected chi connectivity index (χ2v) is 13.4. The van der Waals surface area contributed by atoms with Crippen molar-refractivity contribution in [3.63, 3.8) is 0 Å². The van der Waals surface area contributed by atoms with E-state index >= 15 is 0 Å². The van der Waals surface area contributed by atoms with Crippen molar-refractivity contribution in [3.05, 3.63) is 170 Å². The summed E-state index contributed by atoms with van der Waals surface area (Å²) in [6, 6.07) is 55.9. The predicted molar refractivity (Wildman–Crippen MR) is 217 cm³/mol. The molecule has 4 aromatic heterocycles. The van der Waals surface area contributed by atoms with Crippen LogP contribution in [-0.2, 0) is 0 Å². The largest absolute Gasteiger partial charge is 0.456 e. The number of aromatic nitrogens is 4. The minimum atomic E-state index is 0.521. The van der Waals surface area contributed by atoms with E-state index in [1.165, 1.54) is 5.56 Å². The molecule has 4 heterocycles. The van der Waals surface area contributed by atoms with Gasteiger partial charge >= 0.3 is 0 Å². The standard InChI is InChI=1S/C48H28N4O2/c1-2-10-29(11-3-1)31-20-23-32(24-21-31)35-15-8-16-37-43-39(26-27-49-48(43)54-44(35)37)47-51-45(34-25-22-30-12-4-5-13-33(30)28-34)50-46(52-47)38-17-9-19-41-42(38)36-14-6-7-18-40(36)53-41/h1-28H. The highest BCUT2D eigenvalue weighted by Crippen LogP contribution is 2.41. The third-order valence-electron chi connectivity index (χ3n) is 10.2. The van der Waals surface area contributed by atoms with E-state index in [2.05, 4.69) is 109 Å². The molecular weight excluding hydrogens is 665 g/mol. The Labute approximate surface area is 309 Å². The Morgan fingerprint density at radius 3 is 1.87 bits per heavy atom. The molecule has 11 aromatic rings. The molecule has 0 fully saturated rings. The third kappa shape index (κ3) is 4.89. The SMILES string of the molecule is c1ccc(-c2ccc(-c3cccc4c3oc3nccc(-c5nc(-c6ccc7ccccc7c6)nc(-c6cccc7oc8ccccc8c67)n5)c34)cc2)cc1. The van der Waals surface area contributed by atoms with Crippen LogP contribution in [0.25, 0.3) is 111 Å². The van der Waals surface area contributed by atoms with Crippen molar-refractivity contribution in [2.45, 2.75) is 0 Å². The molecule has 0 radical (unpaired) electrons. The van der Waals surface area contributed by atoms with Gasteiger partial charge in [-0.05, 0) is 51.7 Å². The molecule has 252 valence electrons. The van der Waals surface area contributed by atoms with Gasteiger partial charge in [0, 0.05) is 44.6 Å². The topological polar surface area (TPSA) is 77.8 Å². The Balaban J connectivity index is 1.13. The number of hydrogen-bond acceptors (Lipinski definition) is 6. The summed E-state index contributed by atoms with van der Waals surface area (Å²) in [5.41, 5.74) is 9.83. The molecule has 0 amide bonds. The van der Waals surface area contributed by atoms with Gasteiger partial charge in [-0.3, -0.25) is 0 Å². The van der Waals surface area contributed by atoms with Gasteiger partial charge in [-0.25, -0.2) is 19.9 Å². The Hall–Kier alpha value is -7.44. The zero-order valence-electron chi connectivity index (χ0n) is 28.8.